The molecule has 2 aliphatic heterocycles. The Labute approximate surface area is 162 Å². The summed E-state index contributed by atoms with van der Waals surface area (Å²) in [7, 11) is 0. The highest BCUT2D eigenvalue weighted by Gasteiger charge is 2.54. The molecule has 27 heavy (non-hydrogen) atoms. The number of fused-ring (bicyclic) bond motifs is 1. The number of aliphatic hydroxyl groups excluding tert-OH is 1. The van der Waals surface area contributed by atoms with Crippen LogP contribution in [-0.4, -0.2) is 47.8 Å². The van der Waals surface area contributed by atoms with Gasteiger partial charge in [-0.15, -0.1) is 0 Å². The van der Waals surface area contributed by atoms with E-state index in [1.54, 1.807) is 11.1 Å². The van der Waals surface area contributed by atoms with Crippen LogP contribution in [-0.2, 0) is 12.8 Å². The molecule has 1 aliphatic carbocycles. The van der Waals surface area contributed by atoms with E-state index < -0.39 is 0 Å². The van der Waals surface area contributed by atoms with E-state index in [9.17, 15) is 5.11 Å². The predicted octanol–water partition coefficient (Wildman–Crippen LogP) is 3.43. The van der Waals surface area contributed by atoms with Crippen LogP contribution in [0, 0.1) is 12.8 Å². The Hall–Kier alpha value is -1.84. The lowest BCUT2D eigenvalue weighted by Gasteiger charge is -2.63. The van der Waals surface area contributed by atoms with E-state index in [0.717, 1.165) is 19.6 Å². The lowest BCUT2D eigenvalue weighted by atomic mass is 9.67. The van der Waals surface area contributed by atoms with Gasteiger partial charge >= 0.3 is 0 Å². The van der Waals surface area contributed by atoms with Gasteiger partial charge in [0, 0.05) is 49.4 Å². The third-order valence-electron chi connectivity index (χ3n) is 7.57. The first-order valence-corrected chi connectivity index (χ1v) is 10.5. The lowest BCUT2D eigenvalue weighted by molar-refractivity contribution is 0.0160. The second-order valence-corrected chi connectivity index (χ2v) is 8.74. The number of aryl methyl sites for hydroxylation is 1. The van der Waals surface area contributed by atoms with Crippen molar-refractivity contribution in [2.45, 2.75) is 44.2 Å². The monoisotopic (exact) mass is 362 g/mol. The molecule has 0 radical (unpaired) electrons. The zero-order chi connectivity index (χ0) is 18.4. The molecule has 2 saturated heterocycles. The highest BCUT2D eigenvalue weighted by atomic mass is 16.3. The number of benzene rings is 2. The number of aliphatic hydroxyl groups is 1. The molecule has 1 spiro atoms. The van der Waals surface area contributed by atoms with Crippen molar-refractivity contribution in [1.82, 2.24) is 4.90 Å². The maximum absolute atomic E-state index is 9.95. The number of nitrogens with zero attached hydrogens (tertiary/aromatic N) is 2. The number of hydrogen-bond donors (Lipinski definition) is 1. The summed E-state index contributed by atoms with van der Waals surface area (Å²) in [5.41, 5.74) is 6.08. The molecule has 3 nitrogen and oxygen atoms in total. The fourth-order valence-electron chi connectivity index (χ4n) is 5.90. The quantitative estimate of drug-likeness (QED) is 0.906. The van der Waals surface area contributed by atoms with Crippen molar-refractivity contribution in [3.8, 4) is 0 Å². The van der Waals surface area contributed by atoms with Gasteiger partial charge in [0.05, 0.1) is 0 Å². The first kappa shape index (κ1) is 17.3. The van der Waals surface area contributed by atoms with E-state index in [0.29, 0.717) is 18.6 Å². The first-order valence-electron chi connectivity index (χ1n) is 10.5. The SMILES string of the molecule is Cc1cccc2c1CC(N1CCC3(CC1)C(CO)CN3c1ccccc1)C2. The summed E-state index contributed by atoms with van der Waals surface area (Å²) >= 11 is 0. The molecule has 2 aromatic carbocycles. The Morgan fingerprint density at radius 3 is 2.48 bits per heavy atom. The van der Waals surface area contributed by atoms with Crippen LogP contribution in [0.1, 0.15) is 29.5 Å². The molecule has 142 valence electrons. The van der Waals surface area contributed by atoms with Gasteiger partial charge in [-0.1, -0.05) is 36.4 Å². The molecule has 2 atom stereocenters. The Bertz CT molecular complexity index is 810. The zero-order valence-corrected chi connectivity index (χ0v) is 16.3. The van der Waals surface area contributed by atoms with Crippen molar-refractivity contribution in [2.24, 2.45) is 5.92 Å². The van der Waals surface area contributed by atoms with Gasteiger partial charge in [-0.25, -0.2) is 0 Å². The summed E-state index contributed by atoms with van der Waals surface area (Å²) < 4.78 is 0. The summed E-state index contributed by atoms with van der Waals surface area (Å²) in [5.74, 6) is 0.419. The average molecular weight is 363 g/mol. The largest absolute Gasteiger partial charge is 0.396 e. The second-order valence-electron chi connectivity index (χ2n) is 8.74. The van der Waals surface area contributed by atoms with Gasteiger partial charge in [-0.3, -0.25) is 4.90 Å². The molecule has 0 bridgehead atoms. The van der Waals surface area contributed by atoms with Crippen LogP contribution in [0.15, 0.2) is 48.5 Å². The number of piperidine rings is 1. The maximum Gasteiger partial charge on any atom is 0.0498 e. The van der Waals surface area contributed by atoms with Gasteiger partial charge in [0.1, 0.15) is 0 Å². The minimum absolute atomic E-state index is 0.161. The van der Waals surface area contributed by atoms with Gasteiger partial charge in [-0.2, -0.15) is 0 Å². The van der Waals surface area contributed by atoms with Crippen LogP contribution in [0.3, 0.4) is 0 Å². The number of para-hydroxylation sites is 1. The molecule has 2 aromatic rings. The number of anilines is 1. The van der Waals surface area contributed by atoms with E-state index in [2.05, 4.69) is 65.3 Å². The van der Waals surface area contributed by atoms with Gasteiger partial charge in [0.25, 0.3) is 0 Å². The van der Waals surface area contributed by atoms with E-state index in [1.165, 1.54) is 36.9 Å². The Kier molecular flexibility index (Phi) is 4.25. The Morgan fingerprint density at radius 2 is 1.78 bits per heavy atom. The van der Waals surface area contributed by atoms with Crippen LogP contribution < -0.4 is 4.90 Å². The number of likely N-dealkylation sites (tertiary alicyclic amines) is 1. The van der Waals surface area contributed by atoms with Crippen molar-refractivity contribution in [3.05, 3.63) is 65.2 Å². The van der Waals surface area contributed by atoms with Gasteiger partial charge < -0.3 is 10.0 Å². The van der Waals surface area contributed by atoms with E-state index in [-0.39, 0.29) is 5.54 Å². The van der Waals surface area contributed by atoms with Crippen LogP contribution in [0.2, 0.25) is 0 Å². The van der Waals surface area contributed by atoms with Crippen molar-refractivity contribution >= 4 is 5.69 Å². The molecule has 2 heterocycles. The van der Waals surface area contributed by atoms with Crippen molar-refractivity contribution in [2.75, 3.05) is 31.1 Å². The molecule has 0 saturated carbocycles. The Balaban J connectivity index is 1.30. The molecule has 2 fully saturated rings. The third kappa shape index (κ3) is 2.71. The third-order valence-corrected chi connectivity index (χ3v) is 7.57. The molecular formula is C24H30N2O. The van der Waals surface area contributed by atoms with Crippen molar-refractivity contribution < 1.29 is 5.11 Å². The zero-order valence-electron chi connectivity index (χ0n) is 16.3. The van der Waals surface area contributed by atoms with Crippen molar-refractivity contribution in [1.29, 1.82) is 0 Å². The van der Waals surface area contributed by atoms with Crippen molar-refractivity contribution in [3.63, 3.8) is 0 Å². The number of rotatable bonds is 3. The Morgan fingerprint density at radius 1 is 1.00 bits per heavy atom. The maximum atomic E-state index is 9.95. The summed E-state index contributed by atoms with van der Waals surface area (Å²) in [6, 6.07) is 18.2. The lowest BCUT2D eigenvalue weighted by Crippen LogP contribution is -2.72. The summed E-state index contributed by atoms with van der Waals surface area (Å²) in [5, 5.41) is 9.95. The van der Waals surface area contributed by atoms with Crippen LogP contribution in [0.5, 0.6) is 0 Å². The highest BCUT2D eigenvalue weighted by molar-refractivity contribution is 5.53. The smallest absolute Gasteiger partial charge is 0.0498 e. The first-order chi connectivity index (χ1) is 13.2. The van der Waals surface area contributed by atoms with Crippen LogP contribution in [0.25, 0.3) is 0 Å². The average Bonchev–Trinajstić information content (AvgIpc) is 3.14. The van der Waals surface area contributed by atoms with Crippen LogP contribution >= 0.6 is 0 Å². The predicted molar refractivity (Wildman–Crippen MR) is 110 cm³/mol. The fourth-order valence-corrected chi connectivity index (χ4v) is 5.90. The summed E-state index contributed by atoms with van der Waals surface area (Å²) in [6.07, 6.45) is 4.74. The van der Waals surface area contributed by atoms with E-state index >= 15 is 0 Å². The topological polar surface area (TPSA) is 26.7 Å². The summed E-state index contributed by atoms with van der Waals surface area (Å²) in [6.45, 7) is 5.87. The second kappa shape index (κ2) is 6.65. The standard InChI is InChI=1S/C24H30N2O/c1-18-6-5-7-19-14-22(15-23(18)19)25-12-10-24(11-13-25)20(17-27)16-26(24)21-8-3-2-4-9-21/h2-9,20,22,27H,10-17H2,1H3. The van der Waals surface area contributed by atoms with Gasteiger partial charge in [-0.05, 0) is 61.4 Å². The molecule has 0 amide bonds. The fraction of sp³-hybridized carbons (Fsp3) is 0.500. The van der Waals surface area contributed by atoms with Gasteiger partial charge in [0.15, 0.2) is 0 Å². The normalized spacial score (nSPS) is 26.8. The molecule has 3 aliphatic rings. The molecule has 2 unspecified atom stereocenters. The highest BCUT2D eigenvalue weighted by Crippen LogP contribution is 2.47. The van der Waals surface area contributed by atoms with E-state index in [1.807, 2.05) is 0 Å². The minimum Gasteiger partial charge on any atom is -0.396 e. The molecule has 0 aromatic heterocycles. The molecular weight excluding hydrogens is 332 g/mol. The molecule has 3 heteroatoms. The van der Waals surface area contributed by atoms with Gasteiger partial charge in [0.2, 0.25) is 0 Å². The minimum atomic E-state index is 0.161. The molecule has 5 rings (SSSR count). The summed E-state index contributed by atoms with van der Waals surface area (Å²) in [4.78, 5) is 5.29. The molecule has 1 N–H and O–H groups in total. The van der Waals surface area contributed by atoms with E-state index in [4.69, 9.17) is 0 Å². The number of hydrogen-bond acceptors (Lipinski definition) is 3. The van der Waals surface area contributed by atoms with Crippen LogP contribution in [0.4, 0.5) is 5.69 Å².